The van der Waals surface area contributed by atoms with E-state index in [1.807, 2.05) is 23.1 Å². The molecular formula is C21H28N4O. The molecule has 0 bridgehead atoms. The second-order valence-electron chi connectivity index (χ2n) is 7.58. The van der Waals surface area contributed by atoms with Gasteiger partial charge < -0.3 is 10.2 Å². The van der Waals surface area contributed by atoms with Gasteiger partial charge in [0, 0.05) is 37.3 Å². The van der Waals surface area contributed by atoms with Crippen LogP contribution in [0, 0.1) is 12.8 Å². The Morgan fingerprint density at radius 2 is 2.19 bits per heavy atom. The molecule has 1 aliphatic heterocycles. The van der Waals surface area contributed by atoms with Gasteiger partial charge in [0.1, 0.15) is 0 Å². The summed E-state index contributed by atoms with van der Waals surface area (Å²) in [5.41, 5.74) is 3.19. The van der Waals surface area contributed by atoms with E-state index in [0.717, 1.165) is 37.3 Å². The van der Waals surface area contributed by atoms with Crippen LogP contribution in [-0.4, -0.2) is 33.9 Å². The van der Waals surface area contributed by atoms with Gasteiger partial charge in [-0.25, -0.2) is 9.97 Å². The number of piperidine rings is 1. The molecule has 138 valence electrons. The number of nitrogens with one attached hydrogen (secondary N) is 1. The fourth-order valence-corrected chi connectivity index (χ4v) is 3.44. The Hall–Kier alpha value is -2.43. The summed E-state index contributed by atoms with van der Waals surface area (Å²) in [7, 11) is 0. The molecule has 1 saturated heterocycles. The summed E-state index contributed by atoms with van der Waals surface area (Å²) >= 11 is 0. The van der Waals surface area contributed by atoms with Crippen LogP contribution in [0.25, 0.3) is 0 Å². The molecule has 2 aromatic rings. The number of nitrogens with zero attached hydrogens (tertiary/aromatic N) is 3. The molecule has 1 aromatic carbocycles. The van der Waals surface area contributed by atoms with Crippen LogP contribution >= 0.6 is 0 Å². The lowest BCUT2D eigenvalue weighted by atomic mass is 9.94. The molecular weight excluding hydrogens is 324 g/mol. The fraction of sp³-hybridized carbons (Fsp3) is 0.476. The summed E-state index contributed by atoms with van der Waals surface area (Å²) in [6.45, 7) is 7.86. The van der Waals surface area contributed by atoms with E-state index in [4.69, 9.17) is 4.98 Å². The Balaban J connectivity index is 1.70. The van der Waals surface area contributed by atoms with Crippen molar-refractivity contribution in [3.63, 3.8) is 0 Å². The number of likely N-dealkylation sites (tertiary alicyclic amines) is 1. The van der Waals surface area contributed by atoms with Crippen molar-refractivity contribution in [1.29, 1.82) is 0 Å². The van der Waals surface area contributed by atoms with E-state index in [1.165, 1.54) is 5.56 Å². The van der Waals surface area contributed by atoms with Gasteiger partial charge in [-0.15, -0.1) is 0 Å². The van der Waals surface area contributed by atoms with E-state index in [9.17, 15) is 4.79 Å². The number of rotatable bonds is 5. The van der Waals surface area contributed by atoms with E-state index in [0.29, 0.717) is 18.3 Å². The molecule has 5 heteroatoms. The van der Waals surface area contributed by atoms with Crippen LogP contribution in [0.3, 0.4) is 0 Å². The Kier molecular flexibility index (Phi) is 5.86. The van der Waals surface area contributed by atoms with Crippen molar-refractivity contribution in [2.45, 2.75) is 46.0 Å². The lowest BCUT2D eigenvalue weighted by Crippen LogP contribution is -2.39. The van der Waals surface area contributed by atoms with Gasteiger partial charge in [-0.1, -0.05) is 26.0 Å². The minimum absolute atomic E-state index is 0.261. The van der Waals surface area contributed by atoms with Gasteiger partial charge >= 0.3 is 0 Å². The number of aryl methyl sites for hydroxylation is 1. The van der Waals surface area contributed by atoms with Crippen molar-refractivity contribution < 1.29 is 4.79 Å². The molecule has 1 aromatic heterocycles. The largest absolute Gasteiger partial charge is 0.342 e. The highest BCUT2D eigenvalue weighted by molar-refractivity contribution is 5.76. The van der Waals surface area contributed by atoms with E-state index >= 15 is 0 Å². The van der Waals surface area contributed by atoms with Gasteiger partial charge in [0.05, 0.1) is 5.69 Å². The zero-order chi connectivity index (χ0) is 18.5. The topological polar surface area (TPSA) is 58.1 Å². The normalized spacial score (nSPS) is 17.4. The van der Waals surface area contributed by atoms with E-state index in [2.05, 4.69) is 43.2 Å². The van der Waals surface area contributed by atoms with Crippen molar-refractivity contribution in [2.75, 3.05) is 18.4 Å². The molecule has 0 spiro atoms. The van der Waals surface area contributed by atoms with Crippen molar-refractivity contribution in [3.05, 3.63) is 47.8 Å². The second kappa shape index (κ2) is 8.30. The first-order valence-corrected chi connectivity index (χ1v) is 9.45. The minimum atomic E-state index is 0.261. The summed E-state index contributed by atoms with van der Waals surface area (Å²) in [4.78, 5) is 23.5. The lowest BCUT2D eigenvalue weighted by molar-refractivity contribution is -0.133. The first kappa shape index (κ1) is 18.4. The molecule has 1 amide bonds. The molecule has 3 rings (SSSR count). The van der Waals surface area contributed by atoms with E-state index < -0.39 is 0 Å². The zero-order valence-corrected chi connectivity index (χ0v) is 15.9. The van der Waals surface area contributed by atoms with Gasteiger partial charge in [0.15, 0.2) is 0 Å². The van der Waals surface area contributed by atoms with Crippen molar-refractivity contribution >= 4 is 17.5 Å². The van der Waals surface area contributed by atoms with Crippen LogP contribution in [0.15, 0.2) is 36.5 Å². The van der Waals surface area contributed by atoms with Crippen LogP contribution in [0.1, 0.15) is 50.3 Å². The molecule has 0 saturated carbocycles. The summed E-state index contributed by atoms with van der Waals surface area (Å²) in [6.07, 6.45) is 4.51. The molecule has 26 heavy (non-hydrogen) atoms. The van der Waals surface area contributed by atoms with E-state index in [-0.39, 0.29) is 11.8 Å². The monoisotopic (exact) mass is 352 g/mol. The Bertz CT molecular complexity index is 759. The number of aromatic nitrogens is 2. The average Bonchev–Trinajstić information content (AvgIpc) is 2.61. The summed E-state index contributed by atoms with van der Waals surface area (Å²) in [5.74, 6) is 1.54. The number of hydrogen-bond donors (Lipinski definition) is 1. The third-order valence-electron chi connectivity index (χ3n) is 4.73. The molecule has 2 heterocycles. The molecule has 1 fully saturated rings. The number of carbonyl (C=O) groups is 1. The Morgan fingerprint density at radius 1 is 1.35 bits per heavy atom. The standard InChI is InChI=1S/C21H28N4O/c1-15(2)12-20(26)25-11-5-7-17(14-25)19-9-10-22-21(24-19)23-18-8-4-6-16(3)13-18/h4,6,8-10,13,15,17H,5,7,11-12,14H2,1-3H3,(H,22,23,24)/t17-/m1/s1. The quantitative estimate of drug-likeness (QED) is 0.872. The number of anilines is 2. The minimum Gasteiger partial charge on any atom is -0.342 e. The first-order chi connectivity index (χ1) is 12.5. The second-order valence-corrected chi connectivity index (χ2v) is 7.58. The Labute approximate surface area is 155 Å². The number of carbonyl (C=O) groups excluding carboxylic acids is 1. The molecule has 0 unspecified atom stereocenters. The smallest absolute Gasteiger partial charge is 0.227 e. The number of hydrogen-bond acceptors (Lipinski definition) is 4. The molecule has 0 aliphatic carbocycles. The van der Waals surface area contributed by atoms with Crippen molar-refractivity contribution in [1.82, 2.24) is 14.9 Å². The van der Waals surface area contributed by atoms with Crippen LogP contribution < -0.4 is 5.32 Å². The number of amides is 1. The predicted molar refractivity (Wildman–Crippen MR) is 105 cm³/mol. The maximum atomic E-state index is 12.4. The highest BCUT2D eigenvalue weighted by Gasteiger charge is 2.26. The van der Waals surface area contributed by atoms with E-state index in [1.54, 1.807) is 6.20 Å². The number of benzene rings is 1. The third-order valence-corrected chi connectivity index (χ3v) is 4.73. The molecule has 1 N–H and O–H groups in total. The summed E-state index contributed by atoms with van der Waals surface area (Å²) in [5, 5.41) is 3.28. The third kappa shape index (κ3) is 4.81. The Morgan fingerprint density at radius 3 is 2.96 bits per heavy atom. The van der Waals surface area contributed by atoms with Gasteiger partial charge in [-0.3, -0.25) is 4.79 Å². The van der Waals surface area contributed by atoms with Gasteiger partial charge in [-0.2, -0.15) is 0 Å². The fourth-order valence-electron chi connectivity index (χ4n) is 3.44. The highest BCUT2D eigenvalue weighted by atomic mass is 16.2. The van der Waals surface area contributed by atoms with Crippen LogP contribution in [0.5, 0.6) is 0 Å². The van der Waals surface area contributed by atoms with Crippen LogP contribution in [0.4, 0.5) is 11.6 Å². The summed E-state index contributed by atoms with van der Waals surface area (Å²) in [6, 6.07) is 10.1. The van der Waals surface area contributed by atoms with Crippen molar-refractivity contribution in [2.24, 2.45) is 5.92 Å². The highest BCUT2D eigenvalue weighted by Crippen LogP contribution is 2.27. The van der Waals surface area contributed by atoms with Crippen LogP contribution in [0.2, 0.25) is 0 Å². The first-order valence-electron chi connectivity index (χ1n) is 9.45. The zero-order valence-electron chi connectivity index (χ0n) is 15.9. The molecule has 0 radical (unpaired) electrons. The summed E-state index contributed by atoms with van der Waals surface area (Å²) < 4.78 is 0. The average molecular weight is 352 g/mol. The molecule has 1 aliphatic rings. The van der Waals surface area contributed by atoms with Gasteiger partial charge in [0.25, 0.3) is 0 Å². The predicted octanol–water partition coefficient (Wildman–Crippen LogP) is 4.28. The van der Waals surface area contributed by atoms with Gasteiger partial charge in [0.2, 0.25) is 11.9 Å². The maximum Gasteiger partial charge on any atom is 0.227 e. The molecule has 5 nitrogen and oxygen atoms in total. The lowest BCUT2D eigenvalue weighted by Gasteiger charge is -2.33. The van der Waals surface area contributed by atoms with Gasteiger partial charge in [-0.05, 0) is 49.4 Å². The van der Waals surface area contributed by atoms with Crippen molar-refractivity contribution in [3.8, 4) is 0 Å². The maximum absolute atomic E-state index is 12.4. The van der Waals surface area contributed by atoms with Crippen LogP contribution in [-0.2, 0) is 4.79 Å². The molecule has 1 atom stereocenters. The SMILES string of the molecule is Cc1cccc(Nc2nccc([C@@H]3CCCN(C(=O)CC(C)C)C3)n2)c1.